The van der Waals surface area contributed by atoms with Gasteiger partial charge in [-0.2, -0.15) is 0 Å². The summed E-state index contributed by atoms with van der Waals surface area (Å²) in [6, 6.07) is 1.36. The van der Waals surface area contributed by atoms with Crippen molar-refractivity contribution in [1.29, 1.82) is 0 Å². The van der Waals surface area contributed by atoms with Gasteiger partial charge in [-0.3, -0.25) is 4.79 Å². The van der Waals surface area contributed by atoms with Crippen molar-refractivity contribution in [3.8, 4) is 0 Å². The normalized spacial score (nSPS) is 37.4. The zero-order valence-corrected chi connectivity index (χ0v) is 9.78. The van der Waals surface area contributed by atoms with Crippen LogP contribution < -0.4 is 5.32 Å². The third kappa shape index (κ3) is 2.57. The number of rotatable bonds is 4. The number of ether oxygens (including phenoxy) is 1. The van der Waals surface area contributed by atoms with E-state index in [4.69, 9.17) is 4.74 Å². The third-order valence-corrected chi connectivity index (χ3v) is 4.20. The van der Waals surface area contributed by atoms with E-state index < -0.39 is 0 Å². The van der Waals surface area contributed by atoms with Crippen LogP contribution in [-0.4, -0.2) is 24.7 Å². The number of hydrogen-bond acceptors (Lipinski definition) is 3. The van der Waals surface area contributed by atoms with Crippen LogP contribution in [0, 0.1) is 11.8 Å². The lowest BCUT2D eigenvalue weighted by atomic mass is 9.90. The Bertz CT molecular complexity index is 263. The Morgan fingerprint density at radius 1 is 1.06 bits per heavy atom. The number of carbonyl (C=O) groups is 1. The Balaban J connectivity index is 1.41. The minimum atomic E-state index is 0.0400. The number of nitrogens with one attached hydrogen (secondary N) is 1. The molecule has 3 rings (SSSR count). The minimum Gasteiger partial charge on any atom is -0.465 e. The average Bonchev–Trinajstić information content (AvgIpc) is 3.02. The van der Waals surface area contributed by atoms with E-state index in [1.807, 2.05) is 0 Å². The third-order valence-electron chi connectivity index (χ3n) is 4.20. The number of carbonyl (C=O) groups excluding carboxylic acids is 1. The molecular formula is C13H21NO2. The maximum absolute atomic E-state index is 11.6. The molecule has 1 saturated carbocycles. The SMILES string of the molecule is O=C(CC1CC2CCC(C1)N2)OCC1CC1. The van der Waals surface area contributed by atoms with Gasteiger partial charge in [0.1, 0.15) is 0 Å². The highest BCUT2D eigenvalue weighted by Crippen LogP contribution is 2.33. The van der Waals surface area contributed by atoms with Crippen LogP contribution in [0.2, 0.25) is 0 Å². The summed E-state index contributed by atoms with van der Waals surface area (Å²) in [6.45, 7) is 0.677. The fourth-order valence-electron chi connectivity index (χ4n) is 3.13. The van der Waals surface area contributed by atoms with E-state index in [0.29, 0.717) is 36.9 Å². The predicted molar refractivity (Wildman–Crippen MR) is 61.0 cm³/mol. The molecule has 2 unspecified atom stereocenters. The van der Waals surface area contributed by atoms with Crippen LogP contribution in [0.15, 0.2) is 0 Å². The molecule has 3 fully saturated rings. The fourth-order valence-corrected chi connectivity index (χ4v) is 3.13. The molecule has 3 aliphatic rings. The lowest BCUT2D eigenvalue weighted by Crippen LogP contribution is -2.38. The summed E-state index contributed by atoms with van der Waals surface area (Å²) in [5.74, 6) is 1.30. The molecular weight excluding hydrogens is 202 g/mol. The standard InChI is InChI=1S/C13H21NO2/c15-13(16-8-9-1-2-9)7-10-5-11-3-4-12(6-10)14-11/h9-12,14H,1-8H2. The Hall–Kier alpha value is -0.570. The van der Waals surface area contributed by atoms with Gasteiger partial charge < -0.3 is 10.1 Å². The van der Waals surface area contributed by atoms with Crippen molar-refractivity contribution in [3.63, 3.8) is 0 Å². The second-order valence-electron chi connectivity index (χ2n) is 5.81. The lowest BCUT2D eigenvalue weighted by Gasteiger charge is -2.28. The Morgan fingerprint density at radius 3 is 2.38 bits per heavy atom. The van der Waals surface area contributed by atoms with Gasteiger partial charge in [0.25, 0.3) is 0 Å². The van der Waals surface area contributed by atoms with Gasteiger partial charge in [0.2, 0.25) is 0 Å². The molecule has 0 amide bonds. The van der Waals surface area contributed by atoms with E-state index in [1.54, 1.807) is 0 Å². The molecule has 16 heavy (non-hydrogen) atoms. The summed E-state index contributed by atoms with van der Waals surface area (Å²) < 4.78 is 5.30. The summed E-state index contributed by atoms with van der Waals surface area (Å²) in [5, 5.41) is 3.60. The van der Waals surface area contributed by atoms with Gasteiger partial charge in [-0.15, -0.1) is 0 Å². The van der Waals surface area contributed by atoms with Crippen LogP contribution in [0.25, 0.3) is 0 Å². The molecule has 2 saturated heterocycles. The molecule has 2 heterocycles. The van der Waals surface area contributed by atoms with Crippen molar-refractivity contribution in [2.45, 2.75) is 57.0 Å². The maximum Gasteiger partial charge on any atom is 0.306 e. The smallest absolute Gasteiger partial charge is 0.306 e. The quantitative estimate of drug-likeness (QED) is 0.739. The monoisotopic (exact) mass is 223 g/mol. The zero-order valence-electron chi connectivity index (χ0n) is 9.78. The van der Waals surface area contributed by atoms with E-state index in [2.05, 4.69) is 5.32 Å². The summed E-state index contributed by atoms with van der Waals surface area (Å²) in [4.78, 5) is 11.6. The molecule has 0 aromatic carbocycles. The summed E-state index contributed by atoms with van der Waals surface area (Å²) >= 11 is 0. The average molecular weight is 223 g/mol. The van der Waals surface area contributed by atoms with Crippen molar-refractivity contribution in [2.24, 2.45) is 11.8 Å². The largest absolute Gasteiger partial charge is 0.465 e. The number of fused-ring (bicyclic) bond motifs is 2. The van der Waals surface area contributed by atoms with Crippen molar-refractivity contribution < 1.29 is 9.53 Å². The van der Waals surface area contributed by atoms with Gasteiger partial charge in [-0.25, -0.2) is 0 Å². The molecule has 3 heteroatoms. The molecule has 0 aromatic heterocycles. The van der Waals surface area contributed by atoms with Gasteiger partial charge in [0, 0.05) is 18.5 Å². The molecule has 2 aliphatic heterocycles. The Labute approximate surface area is 96.9 Å². The van der Waals surface area contributed by atoms with Crippen molar-refractivity contribution in [2.75, 3.05) is 6.61 Å². The van der Waals surface area contributed by atoms with Crippen LogP contribution in [0.5, 0.6) is 0 Å². The summed E-state index contributed by atoms with van der Waals surface area (Å²) in [7, 11) is 0. The molecule has 0 radical (unpaired) electrons. The van der Waals surface area contributed by atoms with Gasteiger partial charge in [0.05, 0.1) is 6.61 Å². The fraction of sp³-hybridized carbons (Fsp3) is 0.923. The first kappa shape index (κ1) is 10.6. The molecule has 1 N–H and O–H groups in total. The number of hydrogen-bond donors (Lipinski definition) is 1. The number of esters is 1. The van der Waals surface area contributed by atoms with E-state index in [-0.39, 0.29) is 5.97 Å². The van der Waals surface area contributed by atoms with Crippen molar-refractivity contribution in [3.05, 3.63) is 0 Å². The highest BCUT2D eigenvalue weighted by molar-refractivity contribution is 5.69. The predicted octanol–water partition coefficient (Wildman–Crippen LogP) is 1.86. The lowest BCUT2D eigenvalue weighted by molar-refractivity contribution is -0.145. The van der Waals surface area contributed by atoms with Crippen molar-refractivity contribution in [1.82, 2.24) is 5.32 Å². The highest BCUT2D eigenvalue weighted by atomic mass is 16.5. The molecule has 3 nitrogen and oxygen atoms in total. The first-order valence-electron chi connectivity index (χ1n) is 6.71. The zero-order chi connectivity index (χ0) is 11.0. The van der Waals surface area contributed by atoms with Gasteiger partial charge >= 0.3 is 5.97 Å². The topological polar surface area (TPSA) is 38.3 Å². The van der Waals surface area contributed by atoms with Crippen LogP contribution in [0.4, 0.5) is 0 Å². The van der Waals surface area contributed by atoms with E-state index in [1.165, 1.54) is 38.5 Å². The molecule has 0 spiro atoms. The summed E-state index contributed by atoms with van der Waals surface area (Å²) in [5.41, 5.74) is 0. The van der Waals surface area contributed by atoms with Gasteiger partial charge in [-0.05, 0) is 50.4 Å². The van der Waals surface area contributed by atoms with Crippen LogP contribution in [-0.2, 0) is 9.53 Å². The van der Waals surface area contributed by atoms with Crippen LogP contribution in [0.1, 0.15) is 44.9 Å². The second-order valence-corrected chi connectivity index (χ2v) is 5.81. The van der Waals surface area contributed by atoms with Gasteiger partial charge in [-0.1, -0.05) is 0 Å². The Morgan fingerprint density at radius 2 is 1.75 bits per heavy atom. The van der Waals surface area contributed by atoms with E-state index in [0.717, 1.165) is 0 Å². The van der Waals surface area contributed by atoms with Crippen molar-refractivity contribution >= 4 is 5.97 Å². The van der Waals surface area contributed by atoms with E-state index >= 15 is 0 Å². The second kappa shape index (κ2) is 4.36. The summed E-state index contributed by atoms with van der Waals surface area (Å²) in [6.07, 6.45) is 8.12. The van der Waals surface area contributed by atoms with Gasteiger partial charge in [0.15, 0.2) is 0 Å². The first-order chi connectivity index (χ1) is 7.79. The minimum absolute atomic E-state index is 0.0400. The Kier molecular flexibility index (Phi) is 2.88. The molecule has 2 bridgehead atoms. The molecule has 90 valence electrons. The molecule has 1 aliphatic carbocycles. The number of piperidine rings is 1. The van der Waals surface area contributed by atoms with Crippen LogP contribution in [0.3, 0.4) is 0 Å². The van der Waals surface area contributed by atoms with E-state index in [9.17, 15) is 4.79 Å². The first-order valence-corrected chi connectivity index (χ1v) is 6.71. The highest BCUT2D eigenvalue weighted by Gasteiger charge is 2.34. The molecule has 2 atom stereocenters. The maximum atomic E-state index is 11.6. The molecule has 0 aromatic rings. The van der Waals surface area contributed by atoms with Crippen LogP contribution >= 0.6 is 0 Å².